The van der Waals surface area contributed by atoms with E-state index >= 15 is 0 Å². The first kappa shape index (κ1) is 17.3. The first-order valence-electron chi connectivity index (χ1n) is 9.12. The maximum atomic E-state index is 13.0. The number of nitrogens with zero attached hydrogens (tertiary/aromatic N) is 5. The average molecular weight is 365 g/mol. The molecule has 7 nitrogen and oxygen atoms in total. The number of hydrogen-bond donors (Lipinski definition) is 0. The zero-order valence-electron chi connectivity index (χ0n) is 16.3. The highest BCUT2D eigenvalue weighted by Gasteiger charge is 2.21. The van der Waals surface area contributed by atoms with Crippen LogP contribution in [-0.2, 0) is 13.6 Å². The van der Waals surface area contributed by atoms with Gasteiger partial charge in [0.2, 0.25) is 5.78 Å². The molecule has 0 amide bonds. The number of benzene rings is 1. The Morgan fingerprint density at radius 3 is 2.56 bits per heavy atom. The molecular formula is C20H23N5O2. The number of fused-ring (bicyclic) bond motifs is 3. The molecule has 0 N–H and O–H groups in total. The van der Waals surface area contributed by atoms with Gasteiger partial charge in [-0.05, 0) is 44.4 Å². The van der Waals surface area contributed by atoms with E-state index in [1.54, 1.807) is 11.4 Å². The van der Waals surface area contributed by atoms with Crippen molar-refractivity contribution in [3.05, 3.63) is 62.1 Å². The molecule has 1 aromatic carbocycles. The van der Waals surface area contributed by atoms with E-state index in [9.17, 15) is 9.59 Å². The smallest absolute Gasteiger partial charge is 0.283 e. The Morgan fingerprint density at radius 2 is 1.85 bits per heavy atom. The van der Waals surface area contributed by atoms with Crippen molar-refractivity contribution < 1.29 is 0 Å². The van der Waals surface area contributed by atoms with E-state index in [4.69, 9.17) is 0 Å². The third-order valence-electron chi connectivity index (χ3n) is 5.08. The molecule has 140 valence electrons. The van der Waals surface area contributed by atoms with Gasteiger partial charge in [0.25, 0.3) is 5.56 Å². The molecule has 0 saturated carbocycles. The van der Waals surface area contributed by atoms with E-state index in [2.05, 4.69) is 30.1 Å². The average Bonchev–Trinajstić information content (AvgIpc) is 3.14. The van der Waals surface area contributed by atoms with Crippen molar-refractivity contribution in [3.8, 4) is 5.69 Å². The molecule has 0 bridgehead atoms. The van der Waals surface area contributed by atoms with E-state index in [-0.39, 0.29) is 11.2 Å². The molecule has 0 fully saturated rings. The maximum absolute atomic E-state index is 13.0. The molecule has 0 aliphatic rings. The summed E-state index contributed by atoms with van der Waals surface area (Å²) in [6.07, 6.45) is 2.62. The van der Waals surface area contributed by atoms with Crippen molar-refractivity contribution >= 4 is 16.9 Å². The monoisotopic (exact) mass is 365 g/mol. The van der Waals surface area contributed by atoms with E-state index in [0.717, 1.165) is 22.5 Å². The van der Waals surface area contributed by atoms with Crippen LogP contribution in [0.25, 0.3) is 22.6 Å². The van der Waals surface area contributed by atoms with Crippen LogP contribution in [-0.4, -0.2) is 23.1 Å². The first-order chi connectivity index (χ1) is 12.8. The summed E-state index contributed by atoms with van der Waals surface area (Å²) >= 11 is 0. The van der Waals surface area contributed by atoms with Crippen LogP contribution in [0.1, 0.15) is 30.2 Å². The summed E-state index contributed by atoms with van der Waals surface area (Å²) in [5.41, 5.74) is 4.49. The number of aryl methyl sites for hydroxylation is 4. The van der Waals surface area contributed by atoms with E-state index in [0.29, 0.717) is 29.9 Å². The zero-order chi connectivity index (χ0) is 19.5. The Labute approximate surface area is 156 Å². The fourth-order valence-corrected chi connectivity index (χ4v) is 3.69. The van der Waals surface area contributed by atoms with E-state index in [1.807, 2.05) is 31.5 Å². The number of hydrogen-bond acceptors (Lipinski definition) is 3. The second-order valence-corrected chi connectivity index (χ2v) is 7.15. The van der Waals surface area contributed by atoms with Crippen molar-refractivity contribution in [2.75, 3.05) is 0 Å². The molecule has 0 spiro atoms. The fourth-order valence-electron chi connectivity index (χ4n) is 3.69. The molecule has 0 saturated heterocycles. The van der Waals surface area contributed by atoms with E-state index in [1.165, 1.54) is 9.13 Å². The lowest BCUT2D eigenvalue weighted by Gasteiger charge is -2.10. The SMILES string of the molecule is CCCn1c(=O)c2c(nc3n(-c4cc(C)ccc4C)c(C)cn23)n(C)c1=O. The molecule has 4 aromatic rings. The van der Waals surface area contributed by atoms with Crippen LogP contribution in [0.3, 0.4) is 0 Å². The van der Waals surface area contributed by atoms with Gasteiger partial charge in [0.1, 0.15) is 0 Å². The predicted octanol–water partition coefficient (Wildman–Crippen LogP) is 2.47. The molecule has 7 heteroatoms. The number of aromatic nitrogens is 5. The Balaban J connectivity index is 2.17. The quantitative estimate of drug-likeness (QED) is 0.560. The van der Waals surface area contributed by atoms with Gasteiger partial charge in [0.15, 0.2) is 11.2 Å². The Morgan fingerprint density at radius 1 is 1.11 bits per heavy atom. The van der Waals surface area contributed by atoms with Gasteiger partial charge in [-0.15, -0.1) is 0 Å². The van der Waals surface area contributed by atoms with E-state index < -0.39 is 0 Å². The summed E-state index contributed by atoms with van der Waals surface area (Å²) in [5.74, 6) is 0.637. The highest BCUT2D eigenvalue weighted by atomic mass is 16.2. The summed E-state index contributed by atoms with van der Waals surface area (Å²) in [6, 6.07) is 6.26. The van der Waals surface area contributed by atoms with Crippen molar-refractivity contribution in [2.45, 2.75) is 40.7 Å². The first-order valence-corrected chi connectivity index (χ1v) is 9.12. The largest absolute Gasteiger partial charge is 0.332 e. The molecule has 0 atom stereocenters. The van der Waals surface area contributed by atoms with Crippen LogP contribution in [0, 0.1) is 20.8 Å². The third kappa shape index (κ3) is 2.38. The van der Waals surface area contributed by atoms with Crippen molar-refractivity contribution in [2.24, 2.45) is 7.05 Å². The van der Waals surface area contributed by atoms with Crippen LogP contribution < -0.4 is 11.2 Å². The van der Waals surface area contributed by atoms with Gasteiger partial charge >= 0.3 is 5.69 Å². The topological polar surface area (TPSA) is 66.2 Å². The van der Waals surface area contributed by atoms with Crippen LogP contribution in [0.4, 0.5) is 0 Å². The Bertz CT molecular complexity index is 1320. The summed E-state index contributed by atoms with van der Waals surface area (Å²) in [7, 11) is 1.66. The minimum atomic E-state index is -0.329. The fraction of sp³-hybridized carbons (Fsp3) is 0.350. The second kappa shape index (κ2) is 5.97. The summed E-state index contributed by atoms with van der Waals surface area (Å²) in [6.45, 7) is 8.44. The van der Waals surface area contributed by atoms with Gasteiger partial charge in [-0.3, -0.25) is 22.9 Å². The van der Waals surface area contributed by atoms with Gasteiger partial charge in [0.05, 0.1) is 5.69 Å². The van der Waals surface area contributed by atoms with Crippen LogP contribution in [0.2, 0.25) is 0 Å². The minimum Gasteiger partial charge on any atom is -0.283 e. The van der Waals surface area contributed by atoms with Crippen LogP contribution >= 0.6 is 0 Å². The molecule has 27 heavy (non-hydrogen) atoms. The molecule has 0 radical (unpaired) electrons. The lowest BCUT2D eigenvalue weighted by atomic mass is 10.1. The van der Waals surface area contributed by atoms with Crippen molar-refractivity contribution in [1.29, 1.82) is 0 Å². The number of rotatable bonds is 3. The lowest BCUT2D eigenvalue weighted by molar-refractivity contribution is 0.592. The standard InChI is InChI=1S/C20H23N5O2/c1-6-9-23-18(26)16-17(22(5)20(23)27)21-19-24(16)11-14(4)25(19)15-10-12(2)7-8-13(15)3/h7-8,10-11H,6,9H2,1-5H3. The van der Waals surface area contributed by atoms with Gasteiger partial charge in [-0.1, -0.05) is 19.1 Å². The predicted molar refractivity (Wildman–Crippen MR) is 106 cm³/mol. The molecule has 0 aliphatic carbocycles. The van der Waals surface area contributed by atoms with Crippen molar-refractivity contribution in [3.63, 3.8) is 0 Å². The molecule has 0 aliphatic heterocycles. The summed E-state index contributed by atoms with van der Waals surface area (Å²) < 4.78 is 6.60. The molecular weight excluding hydrogens is 342 g/mol. The zero-order valence-corrected chi connectivity index (χ0v) is 16.3. The third-order valence-corrected chi connectivity index (χ3v) is 5.08. The highest BCUT2D eigenvalue weighted by molar-refractivity contribution is 5.76. The Kier molecular flexibility index (Phi) is 3.83. The normalized spacial score (nSPS) is 11.7. The second-order valence-electron chi connectivity index (χ2n) is 7.15. The van der Waals surface area contributed by atoms with Crippen molar-refractivity contribution in [1.82, 2.24) is 23.1 Å². The molecule has 3 heterocycles. The lowest BCUT2D eigenvalue weighted by Crippen LogP contribution is -2.39. The van der Waals surface area contributed by atoms with Gasteiger partial charge in [0, 0.05) is 25.5 Å². The molecule has 4 rings (SSSR count). The summed E-state index contributed by atoms with van der Waals surface area (Å²) in [5, 5.41) is 0. The van der Waals surface area contributed by atoms with Gasteiger partial charge < -0.3 is 0 Å². The van der Waals surface area contributed by atoms with Gasteiger partial charge in [-0.25, -0.2) is 4.79 Å². The number of imidazole rings is 2. The van der Waals surface area contributed by atoms with Crippen LogP contribution in [0.15, 0.2) is 34.0 Å². The van der Waals surface area contributed by atoms with Crippen LogP contribution in [0.5, 0.6) is 0 Å². The maximum Gasteiger partial charge on any atom is 0.332 e. The molecule has 3 aromatic heterocycles. The molecule has 0 unspecified atom stereocenters. The minimum absolute atomic E-state index is 0.291. The summed E-state index contributed by atoms with van der Waals surface area (Å²) in [4.78, 5) is 30.3. The highest BCUT2D eigenvalue weighted by Crippen LogP contribution is 2.24. The van der Waals surface area contributed by atoms with Gasteiger partial charge in [-0.2, -0.15) is 4.98 Å². The Hall–Kier alpha value is -3.09.